The Morgan fingerprint density at radius 1 is 1.14 bits per heavy atom. The molecule has 37 heavy (non-hydrogen) atoms. The van der Waals surface area contributed by atoms with Crippen molar-refractivity contribution in [2.45, 2.75) is 64.6 Å². The van der Waals surface area contributed by atoms with Crippen LogP contribution in [0.3, 0.4) is 0 Å². The minimum Gasteiger partial charge on any atom is -0.495 e. The van der Waals surface area contributed by atoms with E-state index in [-0.39, 0.29) is 29.2 Å². The summed E-state index contributed by atoms with van der Waals surface area (Å²) < 4.78 is 31.7. The lowest BCUT2D eigenvalue weighted by molar-refractivity contribution is -0.140. The number of amides is 2. The first-order chi connectivity index (χ1) is 17.5. The Morgan fingerprint density at radius 2 is 1.78 bits per heavy atom. The molecule has 0 heterocycles. The summed E-state index contributed by atoms with van der Waals surface area (Å²) in [6.07, 6.45) is 5.42. The van der Waals surface area contributed by atoms with E-state index in [2.05, 4.69) is 5.32 Å². The van der Waals surface area contributed by atoms with Crippen LogP contribution in [-0.4, -0.2) is 57.1 Å². The number of carbonyl (C=O) groups excluding carboxylic acids is 2. The third kappa shape index (κ3) is 7.61. The number of rotatable bonds is 11. The molecule has 0 unspecified atom stereocenters. The standard InChI is InChI=1S/C27H36ClN3O5S/c1-5-24(27(33)29-21-8-6-7-9-21)30(17-20-12-10-19(2)11-13-20)26(32)18-31(37(4,34)35)22-14-15-25(36-3)23(28)16-22/h10-16,21,24H,5-9,17-18H2,1-4H3,(H,29,33)/t24-/m0/s1. The van der Waals surface area contributed by atoms with Crippen LogP contribution in [0.15, 0.2) is 42.5 Å². The number of hydrogen-bond donors (Lipinski definition) is 1. The maximum absolute atomic E-state index is 13.8. The lowest BCUT2D eigenvalue weighted by atomic mass is 10.1. The number of ether oxygens (including phenoxy) is 1. The number of methoxy groups -OCH3 is 1. The zero-order valence-corrected chi connectivity index (χ0v) is 23.4. The third-order valence-electron chi connectivity index (χ3n) is 6.66. The molecular formula is C27H36ClN3O5S. The number of nitrogens with zero attached hydrogens (tertiary/aromatic N) is 2. The van der Waals surface area contributed by atoms with Crippen LogP contribution in [0, 0.1) is 6.92 Å². The highest BCUT2D eigenvalue weighted by Crippen LogP contribution is 2.30. The zero-order chi connectivity index (χ0) is 27.2. The van der Waals surface area contributed by atoms with Crippen LogP contribution >= 0.6 is 11.6 Å². The molecule has 0 bridgehead atoms. The normalized spacial score (nSPS) is 14.7. The molecule has 202 valence electrons. The molecule has 0 aromatic heterocycles. The van der Waals surface area contributed by atoms with E-state index in [0.29, 0.717) is 12.2 Å². The maximum Gasteiger partial charge on any atom is 0.244 e. The summed E-state index contributed by atoms with van der Waals surface area (Å²) in [6.45, 7) is 3.53. The van der Waals surface area contributed by atoms with Crippen molar-refractivity contribution < 1.29 is 22.7 Å². The molecule has 1 saturated carbocycles. The molecule has 1 fully saturated rings. The summed E-state index contributed by atoms with van der Waals surface area (Å²) >= 11 is 6.24. The van der Waals surface area contributed by atoms with Gasteiger partial charge in [0.05, 0.1) is 24.1 Å². The molecule has 10 heteroatoms. The maximum atomic E-state index is 13.8. The van der Waals surface area contributed by atoms with Crippen molar-refractivity contribution in [3.8, 4) is 5.75 Å². The Balaban J connectivity index is 1.93. The Kier molecular flexibility index (Phi) is 9.84. The summed E-state index contributed by atoms with van der Waals surface area (Å²) in [7, 11) is -2.39. The van der Waals surface area contributed by atoms with Gasteiger partial charge in [0.25, 0.3) is 0 Å². The predicted molar refractivity (Wildman–Crippen MR) is 146 cm³/mol. The highest BCUT2D eigenvalue weighted by molar-refractivity contribution is 7.92. The van der Waals surface area contributed by atoms with E-state index in [0.717, 1.165) is 47.4 Å². The summed E-state index contributed by atoms with van der Waals surface area (Å²) in [5.41, 5.74) is 2.16. The van der Waals surface area contributed by atoms with Gasteiger partial charge < -0.3 is 15.0 Å². The van der Waals surface area contributed by atoms with Crippen LogP contribution in [0.4, 0.5) is 5.69 Å². The Bertz CT molecular complexity index is 1200. The average Bonchev–Trinajstić information content (AvgIpc) is 3.35. The molecule has 1 atom stereocenters. The molecule has 8 nitrogen and oxygen atoms in total. The number of anilines is 1. The molecule has 2 aromatic rings. The highest BCUT2D eigenvalue weighted by Gasteiger charge is 2.33. The minimum atomic E-state index is -3.85. The summed E-state index contributed by atoms with van der Waals surface area (Å²) in [4.78, 5) is 28.6. The second kappa shape index (κ2) is 12.6. The number of aryl methyl sites for hydroxylation is 1. The third-order valence-corrected chi connectivity index (χ3v) is 8.10. The van der Waals surface area contributed by atoms with E-state index >= 15 is 0 Å². The molecule has 1 N–H and O–H groups in total. The monoisotopic (exact) mass is 549 g/mol. The van der Waals surface area contributed by atoms with Gasteiger partial charge in [-0.1, -0.05) is 61.2 Å². The van der Waals surface area contributed by atoms with Gasteiger partial charge >= 0.3 is 0 Å². The lowest BCUT2D eigenvalue weighted by Gasteiger charge is -2.33. The van der Waals surface area contributed by atoms with Crippen molar-refractivity contribution in [1.82, 2.24) is 10.2 Å². The van der Waals surface area contributed by atoms with Crippen molar-refractivity contribution in [2.75, 3.05) is 24.2 Å². The fraction of sp³-hybridized carbons (Fsp3) is 0.481. The van der Waals surface area contributed by atoms with Crippen molar-refractivity contribution in [3.05, 3.63) is 58.6 Å². The Morgan fingerprint density at radius 3 is 2.32 bits per heavy atom. The number of nitrogens with one attached hydrogen (secondary N) is 1. The van der Waals surface area contributed by atoms with E-state index in [1.807, 2.05) is 38.1 Å². The highest BCUT2D eigenvalue weighted by atomic mass is 35.5. The Labute approximate surface area is 225 Å². The number of hydrogen-bond acceptors (Lipinski definition) is 5. The molecule has 0 aliphatic heterocycles. The van der Waals surface area contributed by atoms with E-state index in [4.69, 9.17) is 16.3 Å². The van der Waals surface area contributed by atoms with Crippen LogP contribution in [-0.2, 0) is 26.2 Å². The van der Waals surface area contributed by atoms with Crippen LogP contribution in [0.1, 0.15) is 50.2 Å². The first-order valence-corrected chi connectivity index (χ1v) is 14.7. The van der Waals surface area contributed by atoms with Gasteiger partial charge in [-0.05, 0) is 49.9 Å². The fourth-order valence-electron chi connectivity index (χ4n) is 4.60. The van der Waals surface area contributed by atoms with E-state index in [1.165, 1.54) is 24.1 Å². The van der Waals surface area contributed by atoms with Crippen molar-refractivity contribution in [2.24, 2.45) is 0 Å². The molecule has 1 aliphatic rings. The second-order valence-electron chi connectivity index (χ2n) is 9.51. The second-order valence-corrected chi connectivity index (χ2v) is 11.8. The van der Waals surface area contributed by atoms with Crippen LogP contribution < -0.4 is 14.4 Å². The number of carbonyl (C=O) groups is 2. The van der Waals surface area contributed by atoms with Gasteiger partial charge in [-0.2, -0.15) is 0 Å². The van der Waals surface area contributed by atoms with Crippen molar-refractivity contribution >= 4 is 39.1 Å². The first-order valence-electron chi connectivity index (χ1n) is 12.5. The first kappa shape index (κ1) is 28.8. The van der Waals surface area contributed by atoms with Gasteiger partial charge in [0.1, 0.15) is 18.3 Å². The van der Waals surface area contributed by atoms with E-state index in [9.17, 15) is 18.0 Å². The molecule has 2 aromatic carbocycles. The fourth-order valence-corrected chi connectivity index (χ4v) is 5.69. The molecule has 0 spiro atoms. The summed E-state index contributed by atoms with van der Waals surface area (Å²) in [6, 6.07) is 11.6. The van der Waals surface area contributed by atoms with Crippen LogP contribution in [0.5, 0.6) is 5.75 Å². The van der Waals surface area contributed by atoms with Gasteiger partial charge in [0.2, 0.25) is 21.8 Å². The largest absolute Gasteiger partial charge is 0.495 e. The zero-order valence-electron chi connectivity index (χ0n) is 21.9. The summed E-state index contributed by atoms with van der Waals surface area (Å²) in [5, 5.41) is 3.32. The molecule has 0 radical (unpaired) electrons. The van der Waals surface area contributed by atoms with E-state index in [1.54, 1.807) is 6.07 Å². The van der Waals surface area contributed by atoms with Gasteiger partial charge in [-0.15, -0.1) is 0 Å². The average molecular weight is 550 g/mol. The number of sulfonamides is 1. The SMILES string of the molecule is CC[C@@H](C(=O)NC1CCCC1)N(Cc1ccc(C)cc1)C(=O)CN(c1ccc(OC)c(Cl)c1)S(C)(=O)=O. The molecule has 2 amide bonds. The number of halogens is 1. The quantitative estimate of drug-likeness (QED) is 0.451. The minimum absolute atomic E-state index is 0.104. The van der Waals surface area contributed by atoms with Gasteiger partial charge in [0, 0.05) is 12.6 Å². The molecule has 1 aliphatic carbocycles. The Hall–Kier alpha value is -2.78. The van der Waals surface area contributed by atoms with Crippen molar-refractivity contribution in [1.29, 1.82) is 0 Å². The van der Waals surface area contributed by atoms with Crippen molar-refractivity contribution in [3.63, 3.8) is 0 Å². The van der Waals surface area contributed by atoms with E-state index < -0.39 is 28.5 Å². The number of benzene rings is 2. The topological polar surface area (TPSA) is 96.0 Å². The molecule has 3 rings (SSSR count). The lowest BCUT2D eigenvalue weighted by Crippen LogP contribution is -2.53. The van der Waals surface area contributed by atoms with Gasteiger partial charge in [-0.25, -0.2) is 8.42 Å². The molecular weight excluding hydrogens is 514 g/mol. The van der Waals surface area contributed by atoms with Gasteiger partial charge in [-0.3, -0.25) is 13.9 Å². The van der Waals surface area contributed by atoms with Crippen LogP contribution in [0.25, 0.3) is 0 Å². The van der Waals surface area contributed by atoms with Crippen LogP contribution in [0.2, 0.25) is 5.02 Å². The smallest absolute Gasteiger partial charge is 0.244 e. The summed E-state index contributed by atoms with van der Waals surface area (Å²) in [5.74, 6) is -0.305. The predicted octanol–water partition coefficient (Wildman–Crippen LogP) is 4.29. The molecule has 0 saturated heterocycles. The van der Waals surface area contributed by atoms with Gasteiger partial charge in [0.15, 0.2) is 0 Å².